The summed E-state index contributed by atoms with van der Waals surface area (Å²) in [5.41, 5.74) is 0. The summed E-state index contributed by atoms with van der Waals surface area (Å²) < 4.78 is 219. The molecule has 0 aromatic carbocycles. The van der Waals surface area contributed by atoms with Crippen molar-refractivity contribution in [3.63, 3.8) is 0 Å². The van der Waals surface area contributed by atoms with Gasteiger partial charge in [-0.2, -0.15) is 74.6 Å². The van der Waals surface area contributed by atoms with Crippen LogP contribution < -0.4 is 0 Å². The van der Waals surface area contributed by atoms with Gasteiger partial charge in [-0.1, -0.05) is 5.04 Å². The predicted molar refractivity (Wildman–Crippen MR) is 53.1 cm³/mol. The predicted octanol–water partition coefficient (Wildman–Crippen LogP) is 6.02. The summed E-state index contributed by atoms with van der Waals surface area (Å²) in [6, 6.07) is 0. The molecule has 1 N–H and O–H groups in total. The van der Waals surface area contributed by atoms with Gasteiger partial charge in [-0.3, -0.25) is 0 Å². The van der Waals surface area contributed by atoms with Crippen molar-refractivity contribution in [2.75, 3.05) is 0 Å². The van der Waals surface area contributed by atoms with Gasteiger partial charge in [-0.05, 0) is 0 Å². The number of halogens is 17. The van der Waals surface area contributed by atoms with Gasteiger partial charge in [0.05, 0.1) is 0 Å². The Labute approximate surface area is 149 Å². The molecule has 0 radical (unpaired) electrons. The van der Waals surface area contributed by atoms with Crippen molar-refractivity contribution >= 4 is 12.0 Å². The van der Waals surface area contributed by atoms with E-state index in [-0.39, 0.29) is 0 Å². The molecule has 0 amide bonds. The molecule has 3 nitrogen and oxygen atoms in total. The SMILES string of the molecule is OOOSC(F)(F)C(F)(F)C(F)(F)C(F)(F)C(F)(F)C(F)(F)C(F)(F)C(F)(F)F. The molecule has 0 aromatic rings. The average molecular weight is 500 g/mol. The van der Waals surface area contributed by atoms with E-state index in [2.05, 4.69) is 9.37 Å². The molecule has 0 aliphatic rings. The lowest BCUT2D eigenvalue weighted by Gasteiger charge is -2.42. The summed E-state index contributed by atoms with van der Waals surface area (Å²) in [7, 11) is 0. The lowest BCUT2D eigenvalue weighted by molar-refractivity contribution is -0.459. The Morgan fingerprint density at radius 2 is 0.724 bits per heavy atom. The summed E-state index contributed by atoms with van der Waals surface area (Å²) in [6.07, 6.45) is -7.81. The van der Waals surface area contributed by atoms with Gasteiger partial charge >= 0.3 is 47.0 Å². The third-order valence-electron chi connectivity index (χ3n) is 2.86. The molecule has 0 fully saturated rings. The standard InChI is InChI=1S/C8HF17O3S/c9-1(10,3(13,14)5(17,18)7(21,22)23)2(11,12)4(15,16)6(19,20)8(24,25)29-28-27-26/h26H. The highest BCUT2D eigenvalue weighted by atomic mass is 32.2. The van der Waals surface area contributed by atoms with Gasteiger partial charge in [-0.15, -0.1) is 4.33 Å². The molecule has 0 bridgehead atoms. The Morgan fingerprint density at radius 1 is 0.448 bits per heavy atom. The monoisotopic (exact) mass is 500 g/mol. The first-order valence-corrected chi connectivity index (χ1v) is 6.42. The first kappa shape index (κ1) is 28.0. The minimum absolute atomic E-state index is 2.20. The number of hydrogen-bond donors (Lipinski definition) is 1. The molecule has 0 atom stereocenters. The van der Waals surface area contributed by atoms with Crippen molar-refractivity contribution in [1.29, 1.82) is 0 Å². The Morgan fingerprint density at radius 3 is 1.00 bits per heavy atom. The minimum Gasteiger partial charge on any atom is -0.220 e. The average Bonchev–Trinajstić information content (AvgIpc) is 2.50. The van der Waals surface area contributed by atoms with E-state index in [9.17, 15) is 74.6 Å². The van der Waals surface area contributed by atoms with Gasteiger partial charge < -0.3 is 0 Å². The molecule has 0 aliphatic heterocycles. The maximum atomic E-state index is 13.1. The second kappa shape index (κ2) is 7.32. The van der Waals surface area contributed by atoms with Crippen LogP contribution in [0.25, 0.3) is 0 Å². The second-order valence-corrected chi connectivity index (χ2v) is 5.50. The van der Waals surface area contributed by atoms with Crippen LogP contribution in [0, 0.1) is 0 Å². The first-order chi connectivity index (χ1) is 12.3. The van der Waals surface area contributed by atoms with Crippen LogP contribution in [0.15, 0.2) is 0 Å². The van der Waals surface area contributed by atoms with Crippen LogP contribution in [0.2, 0.25) is 0 Å². The lowest BCUT2D eigenvalue weighted by atomic mass is 9.91. The normalized spacial score (nSPS) is 16.3. The molecular weight excluding hydrogens is 499 g/mol. The largest absolute Gasteiger partial charge is 0.460 e. The number of hydrogen-bond acceptors (Lipinski definition) is 4. The number of rotatable bonds is 9. The first-order valence-electron chi connectivity index (χ1n) is 5.68. The van der Waals surface area contributed by atoms with Crippen LogP contribution in [0.4, 0.5) is 74.6 Å². The van der Waals surface area contributed by atoms with Gasteiger partial charge in [-0.25, -0.2) is 5.26 Å². The van der Waals surface area contributed by atoms with E-state index >= 15 is 0 Å². The van der Waals surface area contributed by atoms with Gasteiger partial charge in [0.1, 0.15) is 12.0 Å². The van der Waals surface area contributed by atoms with Crippen molar-refractivity contribution in [1.82, 2.24) is 0 Å². The van der Waals surface area contributed by atoms with E-state index in [1.807, 2.05) is 0 Å². The molecule has 21 heteroatoms. The van der Waals surface area contributed by atoms with E-state index in [1.54, 1.807) is 0 Å². The Hall–Kier alpha value is -0.960. The van der Waals surface area contributed by atoms with E-state index in [1.165, 1.54) is 0 Å². The van der Waals surface area contributed by atoms with Crippen molar-refractivity contribution in [3.05, 3.63) is 0 Å². The molecule has 0 rings (SSSR count). The van der Waals surface area contributed by atoms with Crippen LogP contribution in [-0.4, -0.2) is 52.2 Å². The molecule has 0 saturated heterocycles. The maximum Gasteiger partial charge on any atom is 0.460 e. The Balaban J connectivity index is 6.57. The summed E-state index contributed by atoms with van der Waals surface area (Å²) in [4.78, 5) is 0. The number of alkyl halides is 17. The summed E-state index contributed by atoms with van der Waals surface area (Å²) >= 11 is -2.47. The molecular formula is C8HF17O3S. The zero-order valence-electron chi connectivity index (χ0n) is 12.1. The van der Waals surface area contributed by atoms with E-state index in [4.69, 9.17) is 5.26 Å². The van der Waals surface area contributed by atoms with Crippen LogP contribution in [0.1, 0.15) is 0 Å². The molecule has 0 aliphatic carbocycles. The van der Waals surface area contributed by atoms with E-state index < -0.39 is 59.0 Å². The summed E-state index contributed by atoms with van der Waals surface area (Å²) in [5, 5.41) is 2.75. The van der Waals surface area contributed by atoms with Crippen molar-refractivity contribution in [2.24, 2.45) is 0 Å². The van der Waals surface area contributed by atoms with Gasteiger partial charge in [0.25, 0.3) is 0 Å². The van der Waals surface area contributed by atoms with Crippen LogP contribution in [0.3, 0.4) is 0 Å². The van der Waals surface area contributed by atoms with Crippen LogP contribution >= 0.6 is 12.0 Å². The highest BCUT2D eigenvalue weighted by molar-refractivity contribution is 7.95. The molecule has 0 heterocycles. The van der Waals surface area contributed by atoms with Crippen LogP contribution in [0.5, 0.6) is 0 Å². The van der Waals surface area contributed by atoms with Gasteiger partial charge in [0, 0.05) is 0 Å². The summed E-state index contributed by atoms with van der Waals surface area (Å²) in [6.45, 7) is 0. The van der Waals surface area contributed by atoms with E-state index in [0.717, 1.165) is 0 Å². The lowest BCUT2D eigenvalue weighted by Crippen LogP contribution is -2.74. The maximum absolute atomic E-state index is 13.1. The van der Waals surface area contributed by atoms with Crippen molar-refractivity contribution in [3.8, 4) is 0 Å². The molecule has 0 saturated carbocycles. The highest BCUT2D eigenvalue weighted by Crippen LogP contribution is 2.64. The second-order valence-electron chi connectivity index (χ2n) is 4.69. The quantitative estimate of drug-likeness (QED) is 0.182. The third kappa shape index (κ3) is 3.77. The fraction of sp³-hybridized carbons (Fsp3) is 1.00. The van der Waals surface area contributed by atoms with Crippen molar-refractivity contribution < 1.29 is 89.3 Å². The molecule has 29 heavy (non-hydrogen) atoms. The molecule has 0 unspecified atom stereocenters. The minimum atomic E-state index is -8.69. The van der Waals surface area contributed by atoms with Crippen molar-refractivity contribution in [2.45, 2.75) is 47.0 Å². The summed E-state index contributed by atoms with van der Waals surface area (Å²) in [5.74, 6) is -50.5. The van der Waals surface area contributed by atoms with Gasteiger partial charge in [0.2, 0.25) is 0 Å². The smallest absolute Gasteiger partial charge is 0.220 e. The topological polar surface area (TPSA) is 38.7 Å². The fourth-order valence-corrected chi connectivity index (χ4v) is 1.61. The fourth-order valence-electron chi connectivity index (χ4n) is 1.26. The Kier molecular flexibility index (Phi) is 7.08. The molecule has 0 aromatic heterocycles. The Bertz CT molecular complexity index is 584. The molecule has 176 valence electrons. The molecule has 0 spiro atoms. The highest BCUT2D eigenvalue weighted by Gasteiger charge is 2.95. The van der Waals surface area contributed by atoms with Crippen LogP contribution in [-0.2, 0) is 9.37 Å². The zero-order valence-corrected chi connectivity index (χ0v) is 12.9. The van der Waals surface area contributed by atoms with E-state index in [0.29, 0.717) is 0 Å². The third-order valence-corrected chi connectivity index (χ3v) is 3.46. The van der Waals surface area contributed by atoms with Gasteiger partial charge in [0.15, 0.2) is 0 Å². The zero-order chi connectivity index (χ0) is 24.1.